The molecule has 0 amide bonds. The fourth-order valence-electron chi connectivity index (χ4n) is 2.81. The van der Waals surface area contributed by atoms with Gasteiger partial charge in [0.1, 0.15) is 0 Å². The zero-order valence-corrected chi connectivity index (χ0v) is 17.4. The van der Waals surface area contributed by atoms with Crippen molar-refractivity contribution in [2.45, 2.75) is 18.8 Å². The number of Topliss-reactive ketones (excluding diaryl/α,β-unsaturated/α-hetero) is 1. The number of nitrogens with zero attached hydrogens (tertiary/aromatic N) is 4. The quantitative estimate of drug-likeness (QED) is 0.299. The Balaban J connectivity index is 0.00000210. The summed E-state index contributed by atoms with van der Waals surface area (Å²) in [5.41, 5.74) is 26.7. The molecule has 0 saturated carbocycles. The Morgan fingerprint density at radius 3 is 2.56 bits per heavy atom. The number of carbonyl (C=O) groups excluding carboxylic acids is 1. The molecule has 1 aliphatic heterocycles. The molecule has 1 aliphatic carbocycles. The predicted molar refractivity (Wildman–Crippen MR) is 98.3 cm³/mol. The molecule has 10 heteroatoms. The van der Waals surface area contributed by atoms with Gasteiger partial charge in [-0.1, -0.05) is 24.3 Å². The van der Waals surface area contributed by atoms with E-state index in [4.69, 9.17) is 22.9 Å². The SMILES string of the molecule is NC(N)C1=CC=C2N=C(C(=O)c3nc4cc(C(N)N)ccc4[n-]3)N=C2C1.[Zn]. The molecule has 9 nitrogen and oxygen atoms in total. The second kappa shape index (κ2) is 7.34. The van der Waals surface area contributed by atoms with Crippen LogP contribution >= 0.6 is 0 Å². The predicted octanol–water partition coefficient (Wildman–Crippen LogP) is -0.401. The largest absolute Gasteiger partial charge is 0.433 e. The van der Waals surface area contributed by atoms with E-state index >= 15 is 0 Å². The third kappa shape index (κ3) is 3.58. The summed E-state index contributed by atoms with van der Waals surface area (Å²) >= 11 is 0. The summed E-state index contributed by atoms with van der Waals surface area (Å²) in [6, 6.07) is 5.20. The van der Waals surface area contributed by atoms with Crippen LogP contribution in [-0.4, -0.2) is 28.5 Å². The van der Waals surface area contributed by atoms with Crippen molar-refractivity contribution in [3.63, 3.8) is 0 Å². The second-order valence-electron chi connectivity index (χ2n) is 6.14. The average molecular weight is 415 g/mol. The minimum absolute atomic E-state index is 0. The third-order valence-corrected chi connectivity index (χ3v) is 4.26. The van der Waals surface area contributed by atoms with Gasteiger partial charge in [0.05, 0.1) is 23.7 Å². The van der Waals surface area contributed by atoms with E-state index < -0.39 is 18.1 Å². The first kappa shape index (κ1) is 19.4. The summed E-state index contributed by atoms with van der Waals surface area (Å²) in [6.07, 6.45) is 2.84. The van der Waals surface area contributed by atoms with E-state index in [0.29, 0.717) is 34.4 Å². The van der Waals surface area contributed by atoms with Crippen molar-refractivity contribution in [3.8, 4) is 0 Å². The van der Waals surface area contributed by atoms with E-state index in [-0.39, 0.29) is 31.1 Å². The monoisotopic (exact) mass is 413 g/mol. The number of aliphatic imine (C=N–C) groups is 2. The molecule has 0 bridgehead atoms. The molecule has 0 saturated heterocycles. The molecule has 0 fully saturated rings. The maximum atomic E-state index is 12.7. The number of imidazole rings is 1. The summed E-state index contributed by atoms with van der Waals surface area (Å²) < 4.78 is 0. The Labute approximate surface area is 167 Å². The van der Waals surface area contributed by atoms with Crippen molar-refractivity contribution in [1.82, 2.24) is 9.97 Å². The molecule has 27 heavy (non-hydrogen) atoms. The van der Waals surface area contributed by atoms with Gasteiger partial charge < -0.3 is 32.9 Å². The molecule has 2 heterocycles. The molecule has 0 atom stereocenters. The topological polar surface area (TPSA) is 173 Å². The van der Waals surface area contributed by atoms with Gasteiger partial charge in [0.15, 0.2) is 0 Å². The van der Waals surface area contributed by atoms with E-state index in [1.807, 2.05) is 0 Å². The zero-order valence-electron chi connectivity index (χ0n) is 14.5. The molecule has 4 rings (SSSR count). The Morgan fingerprint density at radius 2 is 1.85 bits per heavy atom. The summed E-state index contributed by atoms with van der Waals surface area (Å²) in [6.45, 7) is 0. The van der Waals surface area contributed by atoms with Crippen LogP contribution in [0.4, 0.5) is 0 Å². The molecule has 2 aliphatic rings. The van der Waals surface area contributed by atoms with Gasteiger partial charge in [-0.05, 0) is 34.1 Å². The van der Waals surface area contributed by atoms with E-state index in [0.717, 1.165) is 5.57 Å². The van der Waals surface area contributed by atoms with Gasteiger partial charge in [-0.2, -0.15) is 0 Å². The first-order chi connectivity index (χ1) is 12.4. The first-order valence-corrected chi connectivity index (χ1v) is 8.01. The number of nitrogens with two attached hydrogens (primary N) is 4. The van der Waals surface area contributed by atoms with Crippen molar-refractivity contribution >= 4 is 28.4 Å². The molecule has 0 unspecified atom stereocenters. The van der Waals surface area contributed by atoms with Gasteiger partial charge in [0.2, 0.25) is 11.6 Å². The van der Waals surface area contributed by atoms with Crippen LogP contribution in [-0.2, 0) is 19.5 Å². The van der Waals surface area contributed by atoms with Crippen LogP contribution in [0.2, 0.25) is 0 Å². The standard InChI is InChI=1S/C17H18N8O.Zn/c18-14(19)7-1-3-9-11(5-7)24-16(22-9)13(26)17-23-10-4-2-8(15(20)21)6-12(10)25-17;/h1-5,14-15H,6,18-21H2,(H,22,24,26);/p-1. The number of fused-ring (bicyclic) bond motifs is 2. The van der Waals surface area contributed by atoms with Crippen LogP contribution in [0, 0.1) is 0 Å². The van der Waals surface area contributed by atoms with Crippen LogP contribution in [0.5, 0.6) is 0 Å². The van der Waals surface area contributed by atoms with E-state index in [9.17, 15) is 4.79 Å². The smallest absolute Gasteiger partial charge is 0.222 e. The zero-order chi connectivity index (χ0) is 18.4. The van der Waals surface area contributed by atoms with Gasteiger partial charge in [0, 0.05) is 25.9 Å². The molecular weight excluding hydrogens is 398 g/mol. The van der Waals surface area contributed by atoms with Crippen LogP contribution in [0.1, 0.15) is 28.8 Å². The van der Waals surface area contributed by atoms with Crippen molar-refractivity contribution in [3.05, 3.63) is 53.0 Å². The number of carbonyl (C=O) groups is 1. The number of rotatable bonds is 4. The minimum atomic E-state index is -0.619. The normalized spacial score (nSPS) is 15.9. The fraction of sp³-hybridized carbons (Fsp3) is 0.176. The summed E-state index contributed by atoms with van der Waals surface area (Å²) in [7, 11) is 0. The number of benzene rings is 1. The van der Waals surface area contributed by atoms with Gasteiger partial charge >= 0.3 is 0 Å². The maximum Gasteiger partial charge on any atom is 0.222 e. The molecule has 1 aromatic carbocycles. The molecule has 134 valence electrons. The molecule has 0 radical (unpaired) electrons. The van der Waals surface area contributed by atoms with E-state index in [1.165, 1.54) is 0 Å². The van der Waals surface area contributed by atoms with Crippen molar-refractivity contribution in [2.75, 3.05) is 0 Å². The first-order valence-electron chi connectivity index (χ1n) is 8.01. The Bertz CT molecular complexity index is 1040. The summed E-state index contributed by atoms with van der Waals surface area (Å²) in [4.78, 5) is 29.8. The number of ketones is 1. The maximum absolute atomic E-state index is 12.7. The number of aromatic nitrogens is 2. The Hall–Kier alpha value is -2.36. The van der Waals surface area contributed by atoms with Crippen LogP contribution < -0.4 is 27.9 Å². The summed E-state index contributed by atoms with van der Waals surface area (Å²) in [5, 5.41) is 0. The number of amidine groups is 1. The van der Waals surface area contributed by atoms with E-state index in [2.05, 4.69) is 20.0 Å². The molecular formula is C17H17N8OZn-. The Kier molecular flexibility index (Phi) is 5.27. The summed E-state index contributed by atoms with van der Waals surface area (Å²) in [5.74, 6) is -0.354. The van der Waals surface area contributed by atoms with Gasteiger partial charge in [-0.15, -0.1) is 0 Å². The third-order valence-electron chi connectivity index (χ3n) is 4.26. The van der Waals surface area contributed by atoms with E-state index in [1.54, 1.807) is 30.4 Å². The van der Waals surface area contributed by atoms with Gasteiger partial charge in [-0.3, -0.25) is 4.79 Å². The molecule has 0 spiro atoms. The number of allylic oxidation sites excluding steroid dienone is 3. The molecule has 1 aromatic heterocycles. The Morgan fingerprint density at radius 1 is 1.07 bits per heavy atom. The van der Waals surface area contributed by atoms with Crippen molar-refractivity contribution in [1.29, 1.82) is 0 Å². The van der Waals surface area contributed by atoms with Crippen LogP contribution in [0.15, 0.2) is 51.6 Å². The average Bonchev–Trinajstić information content (AvgIpc) is 3.23. The number of hydrogen-bond donors (Lipinski definition) is 4. The molecule has 8 N–H and O–H groups in total. The van der Waals surface area contributed by atoms with Gasteiger partial charge in [0.25, 0.3) is 0 Å². The minimum Gasteiger partial charge on any atom is -0.433 e. The van der Waals surface area contributed by atoms with Crippen LogP contribution in [0.3, 0.4) is 0 Å². The van der Waals surface area contributed by atoms with Crippen molar-refractivity contribution in [2.24, 2.45) is 32.9 Å². The second-order valence-corrected chi connectivity index (χ2v) is 6.14. The van der Waals surface area contributed by atoms with Crippen molar-refractivity contribution < 1.29 is 24.3 Å². The van der Waals surface area contributed by atoms with Gasteiger partial charge in [-0.25, -0.2) is 9.98 Å². The fourth-order valence-corrected chi connectivity index (χ4v) is 2.81. The number of hydrogen-bond acceptors (Lipinski definition) is 8. The van der Waals surface area contributed by atoms with Crippen LogP contribution in [0.25, 0.3) is 11.0 Å². The molecule has 2 aromatic rings.